The van der Waals surface area contributed by atoms with Crippen LogP contribution in [0.2, 0.25) is 0 Å². The molecule has 2 N–H and O–H groups in total. The fourth-order valence-corrected chi connectivity index (χ4v) is 1.79. The van der Waals surface area contributed by atoms with E-state index in [0.29, 0.717) is 15.1 Å². The van der Waals surface area contributed by atoms with Gasteiger partial charge in [0.1, 0.15) is 0 Å². The van der Waals surface area contributed by atoms with Crippen molar-refractivity contribution in [2.24, 2.45) is 5.10 Å². The van der Waals surface area contributed by atoms with E-state index in [0.717, 1.165) is 5.56 Å². The van der Waals surface area contributed by atoms with Gasteiger partial charge in [0.2, 0.25) is 9.54 Å². The number of H-pyrrole nitrogens is 2. The van der Waals surface area contributed by atoms with E-state index < -0.39 is 0 Å². The Balaban J connectivity index is 2.23. The van der Waals surface area contributed by atoms with E-state index >= 15 is 0 Å². The van der Waals surface area contributed by atoms with Crippen LogP contribution in [-0.4, -0.2) is 34.2 Å². The molecule has 0 amide bonds. The van der Waals surface area contributed by atoms with Crippen LogP contribution in [0, 0.1) is 9.54 Å². The number of carbonyl (C=O) groups is 1. The fraction of sp³-hybridized carbons (Fsp3) is 0.0909. The highest BCUT2D eigenvalue weighted by atomic mass is 32.1. The van der Waals surface area contributed by atoms with E-state index in [1.807, 2.05) is 0 Å². The van der Waals surface area contributed by atoms with Crippen LogP contribution in [0.15, 0.2) is 29.4 Å². The van der Waals surface area contributed by atoms with Crippen LogP contribution in [0.1, 0.15) is 15.9 Å². The van der Waals surface area contributed by atoms with Crippen molar-refractivity contribution in [3.05, 3.63) is 44.9 Å². The van der Waals surface area contributed by atoms with E-state index in [2.05, 4.69) is 20.0 Å². The summed E-state index contributed by atoms with van der Waals surface area (Å²) < 4.78 is 6.77. The molecule has 0 fully saturated rings. The largest absolute Gasteiger partial charge is 0.465 e. The van der Waals surface area contributed by atoms with Crippen molar-refractivity contribution in [2.75, 3.05) is 7.11 Å². The van der Waals surface area contributed by atoms with E-state index in [1.54, 1.807) is 30.5 Å². The lowest BCUT2D eigenvalue weighted by molar-refractivity contribution is 0.0601. The molecule has 0 radical (unpaired) electrons. The minimum atomic E-state index is -0.376. The maximum absolute atomic E-state index is 11.3. The summed E-state index contributed by atoms with van der Waals surface area (Å²) in [4.78, 5) is 11.3. The van der Waals surface area contributed by atoms with Gasteiger partial charge in [-0.05, 0) is 42.1 Å². The van der Waals surface area contributed by atoms with Crippen LogP contribution in [0.3, 0.4) is 0 Å². The van der Waals surface area contributed by atoms with Gasteiger partial charge < -0.3 is 4.74 Å². The second kappa shape index (κ2) is 5.72. The molecule has 0 aliphatic heterocycles. The number of methoxy groups -OCH3 is 1. The third-order valence-electron chi connectivity index (χ3n) is 2.32. The molecule has 1 heterocycles. The molecule has 0 unspecified atom stereocenters. The van der Waals surface area contributed by atoms with E-state index in [-0.39, 0.29) is 5.97 Å². The molecule has 0 atom stereocenters. The molecule has 0 aliphatic rings. The van der Waals surface area contributed by atoms with Crippen LogP contribution in [-0.2, 0) is 4.74 Å². The van der Waals surface area contributed by atoms with Crippen molar-refractivity contribution < 1.29 is 9.53 Å². The molecule has 2 rings (SSSR count). The van der Waals surface area contributed by atoms with Gasteiger partial charge >= 0.3 is 5.97 Å². The number of aromatic amines is 2. The molecule has 0 saturated heterocycles. The predicted octanol–water partition coefficient (Wildman–Crippen LogP) is 2.27. The topological polar surface area (TPSA) is 75.2 Å². The first-order valence-corrected chi connectivity index (χ1v) is 6.06. The van der Waals surface area contributed by atoms with Gasteiger partial charge in [0.25, 0.3) is 0 Å². The van der Waals surface area contributed by atoms with Gasteiger partial charge in [-0.3, -0.25) is 10.2 Å². The Morgan fingerprint density at radius 3 is 2.37 bits per heavy atom. The minimum Gasteiger partial charge on any atom is -0.465 e. The van der Waals surface area contributed by atoms with Gasteiger partial charge in [-0.2, -0.15) is 9.78 Å². The quantitative estimate of drug-likeness (QED) is 0.517. The lowest BCUT2D eigenvalue weighted by atomic mass is 10.1. The molecule has 98 valence electrons. The highest BCUT2D eigenvalue weighted by molar-refractivity contribution is 7.72. The number of aromatic nitrogens is 3. The number of nitrogens with one attached hydrogen (secondary N) is 2. The molecular formula is C11H10N4O2S2. The monoisotopic (exact) mass is 294 g/mol. The Morgan fingerprint density at radius 2 is 1.84 bits per heavy atom. The SMILES string of the molecule is COC(=O)c1ccc(/C=N\n2c(=S)[nH][nH]c2=S)cc1. The Kier molecular flexibility index (Phi) is 4.03. The molecule has 6 nitrogen and oxygen atoms in total. The van der Waals surface area contributed by atoms with Gasteiger partial charge in [-0.1, -0.05) is 12.1 Å². The maximum Gasteiger partial charge on any atom is 0.337 e. The minimum absolute atomic E-state index is 0.376. The number of ether oxygens (including phenoxy) is 1. The summed E-state index contributed by atoms with van der Waals surface area (Å²) in [5.74, 6) is -0.376. The molecule has 19 heavy (non-hydrogen) atoms. The molecule has 2 aromatic rings. The molecule has 1 aromatic carbocycles. The summed E-state index contributed by atoms with van der Waals surface area (Å²) in [7, 11) is 1.34. The third kappa shape index (κ3) is 3.04. The number of nitrogens with zero attached hydrogens (tertiary/aromatic N) is 2. The van der Waals surface area contributed by atoms with Gasteiger partial charge in [0.15, 0.2) is 0 Å². The highest BCUT2D eigenvalue weighted by Crippen LogP contribution is 2.04. The Bertz CT molecular complexity index is 697. The van der Waals surface area contributed by atoms with Crippen molar-refractivity contribution in [1.82, 2.24) is 14.9 Å². The second-order valence-corrected chi connectivity index (χ2v) is 4.30. The molecule has 0 bridgehead atoms. The summed E-state index contributed by atoms with van der Waals surface area (Å²) >= 11 is 9.99. The second-order valence-electron chi connectivity index (χ2n) is 3.53. The predicted molar refractivity (Wildman–Crippen MR) is 75.6 cm³/mol. The highest BCUT2D eigenvalue weighted by Gasteiger charge is 2.03. The van der Waals surface area contributed by atoms with Crippen molar-refractivity contribution in [1.29, 1.82) is 0 Å². The molecule has 0 aliphatic carbocycles. The first kappa shape index (κ1) is 13.4. The number of rotatable bonds is 3. The lowest BCUT2D eigenvalue weighted by Crippen LogP contribution is -2.00. The van der Waals surface area contributed by atoms with E-state index in [1.165, 1.54) is 11.8 Å². The van der Waals surface area contributed by atoms with Crippen LogP contribution < -0.4 is 0 Å². The third-order valence-corrected chi connectivity index (χ3v) is 2.87. The van der Waals surface area contributed by atoms with Crippen molar-refractivity contribution in [3.63, 3.8) is 0 Å². The summed E-state index contributed by atoms with van der Waals surface area (Å²) in [6.45, 7) is 0. The normalized spacial score (nSPS) is 10.8. The first-order valence-electron chi connectivity index (χ1n) is 5.24. The molecule has 1 aromatic heterocycles. The number of hydrogen-bond donors (Lipinski definition) is 2. The Labute approximate surface area is 118 Å². The fourth-order valence-electron chi connectivity index (χ4n) is 1.36. The van der Waals surface area contributed by atoms with Crippen molar-refractivity contribution >= 4 is 36.6 Å². The number of benzene rings is 1. The summed E-state index contributed by atoms with van der Waals surface area (Å²) in [6, 6.07) is 6.81. The van der Waals surface area contributed by atoms with Gasteiger partial charge in [0.05, 0.1) is 18.9 Å². The Hall–Kier alpha value is -2.06. The van der Waals surface area contributed by atoms with Gasteiger partial charge in [-0.25, -0.2) is 4.79 Å². The number of hydrogen-bond acceptors (Lipinski definition) is 5. The number of esters is 1. The van der Waals surface area contributed by atoms with Gasteiger partial charge in [-0.15, -0.1) is 0 Å². The van der Waals surface area contributed by atoms with E-state index in [9.17, 15) is 4.79 Å². The average molecular weight is 294 g/mol. The molecular weight excluding hydrogens is 284 g/mol. The van der Waals surface area contributed by atoms with Crippen LogP contribution in [0.5, 0.6) is 0 Å². The Morgan fingerprint density at radius 1 is 1.26 bits per heavy atom. The first-order chi connectivity index (χ1) is 9.11. The number of carbonyl (C=O) groups excluding carboxylic acids is 1. The summed E-state index contributed by atoms with van der Waals surface area (Å²) in [5, 5.41) is 9.49. The lowest BCUT2D eigenvalue weighted by Gasteiger charge is -1.99. The zero-order valence-corrected chi connectivity index (χ0v) is 11.5. The smallest absolute Gasteiger partial charge is 0.337 e. The molecule has 8 heteroatoms. The van der Waals surface area contributed by atoms with E-state index in [4.69, 9.17) is 24.4 Å². The van der Waals surface area contributed by atoms with Crippen molar-refractivity contribution in [3.8, 4) is 0 Å². The van der Waals surface area contributed by atoms with Gasteiger partial charge in [0, 0.05) is 0 Å². The molecule has 0 spiro atoms. The molecule has 0 saturated carbocycles. The standard InChI is InChI=1S/C11H10N4O2S2/c1-17-9(16)8-4-2-7(3-5-8)6-12-15-10(18)13-14-11(15)19/h2-6H,1H3,(H,13,18)(H,14,19)/b12-6-. The van der Waals surface area contributed by atoms with Crippen LogP contribution >= 0.6 is 24.4 Å². The van der Waals surface area contributed by atoms with Crippen molar-refractivity contribution in [2.45, 2.75) is 0 Å². The summed E-state index contributed by atoms with van der Waals surface area (Å²) in [5.41, 5.74) is 1.29. The van der Waals surface area contributed by atoms with Crippen LogP contribution in [0.4, 0.5) is 0 Å². The van der Waals surface area contributed by atoms with Crippen LogP contribution in [0.25, 0.3) is 0 Å². The summed E-state index contributed by atoms with van der Waals surface area (Å²) in [6.07, 6.45) is 1.59. The average Bonchev–Trinajstić information content (AvgIpc) is 2.75. The zero-order valence-electron chi connectivity index (χ0n) is 9.91. The zero-order chi connectivity index (χ0) is 13.8. The maximum atomic E-state index is 11.3.